The van der Waals surface area contributed by atoms with E-state index in [1.54, 1.807) is 5.82 Å². The molecule has 0 spiro atoms. The van der Waals surface area contributed by atoms with Crippen molar-refractivity contribution in [3.05, 3.63) is 54.1 Å². The Kier molecular flexibility index (Phi) is 18.3. The van der Waals surface area contributed by atoms with Crippen LogP contribution in [-0.2, 0) is 25.9 Å². The van der Waals surface area contributed by atoms with Crippen molar-refractivity contribution in [2.45, 2.75) is 162 Å². The Labute approximate surface area is 224 Å². The molecule has 2 aromatic rings. The van der Waals surface area contributed by atoms with Gasteiger partial charge in [0.1, 0.15) is 12.4 Å². The van der Waals surface area contributed by atoms with Crippen molar-refractivity contribution in [3.63, 3.8) is 0 Å². The molecule has 36 heavy (non-hydrogen) atoms. The third kappa shape index (κ3) is 14.2. The van der Waals surface area contributed by atoms with Crippen molar-refractivity contribution in [3.8, 4) is 0 Å². The molecule has 2 rings (SSSR count). The average Bonchev–Trinajstić information content (AvgIpc) is 3.28. The second-order valence-electron chi connectivity index (χ2n) is 11.1. The summed E-state index contributed by atoms with van der Waals surface area (Å²) in [4.78, 5) is 0. The largest absolute Gasteiger partial charge is 0.256 e. The molecule has 1 aromatic heterocycles. The number of imidazole rings is 1. The predicted octanol–water partition coefficient (Wildman–Crippen LogP) is 10.0. The fourth-order valence-electron chi connectivity index (χ4n) is 5.48. The minimum absolute atomic E-state index is 1.14. The third-order valence-corrected chi connectivity index (χ3v) is 7.80. The maximum Gasteiger partial charge on any atom is 0.256 e. The Morgan fingerprint density at radius 1 is 0.556 bits per heavy atom. The van der Waals surface area contributed by atoms with Crippen LogP contribution in [-0.4, -0.2) is 4.57 Å². The first-order valence-corrected chi connectivity index (χ1v) is 16.0. The van der Waals surface area contributed by atoms with Crippen molar-refractivity contribution < 1.29 is 4.57 Å². The van der Waals surface area contributed by atoms with Gasteiger partial charge in [-0.25, -0.2) is 9.13 Å². The molecule has 0 aliphatic heterocycles. The van der Waals surface area contributed by atoms with E-state index >= 15 is 0 Å². The topological polar surface area (TPSA) is 8.81 Å². The monoisotopic (exact) mass is 495 g/mol. The minimum Gasteiger partial charge on any atom is -0.234 e. The Morgan fingerprint density at radius 3 is 1.67 bits per heavy atom. The summed E-state index contributed by atoms with van der Waals surface area (Å²) in [6.45, 7) is 6.94. The lowest BCUT2D eigenvalue weighted by Gasteiger charge is -2.07. The second-order valence-corrected chi connectivity index (χ2v) is 11.1. The van der Waals surface area contributed by atoms with Crippen molar-refractivity contribution >= 4 is 0 Å². The van der Waals surface area contributed by atoms with Crippen LogP contribution in [0.25, 0.3) is 0 Å². The van der Waals surface area contributed by atoms with Crippen LogP contribution in [0.15, 0.2) is 42.7 Å². The number of aromatic nitrogens is 2. The first-order valence-electron chi connectivity index (χ1n) is 16.0. The molecule has 0 N–H and O–H groups in total. The zero-order valence-electron chi connectivity index (χ0n) is 24.2. The van der Waals surface area contributed by atoms with Crippen LogP contribution in [0.3, 0.4) is 0 Å². The number of unbranched alkanes of at least 4 members (excludes halogenated alkanes) is 16. The lowest BCUT2D eigenvalue weighted by Crippen LogP contribution is -2.37. The van der Waals surface area contributed by atoms with Gasteiger partial charge in [0.2, 0.25) is 0 Å². The van der Waals surface area contributed by atoms with Gasteiger partial charge in [0.15, 0.2) is 0 Å². The number of nitrogens with zero attached hydrogens (tertiary/aromatic N) is 2. The van der Waals surface area contributed by atoms with E-state index in [0.717, 1.165) is 6.54 Å². The van der Waals surface area contributed by atoms with Crippen molar-refractivity contribution in [1.82, 2.24) is 4.57 Å². The molecule has 0 unspecified atom stereocenters. The van der Waals surface area contributed by atoms with E-state index in [1.165, 1.54) is 147 Å². The summed E-state index contributed by atoms with van der Waals surface area (Å²) in [6, 6.07) is 11.0. The van der Waals surface area contributed by atoms with E-state index in [-0.39, 0.29) is 0 Å². The normalized spacial score (nSPS) is 11.4. The molecule has 1 heterocycles. The zero-order valence-corrected chi connectivity index (χ0v) is 24.2. The Balaban J connectivity index is 1.62. The molecule has 0 amide bonds. The van der Waals surface area contributed by atoms with Gasteiger partial charge in [-0.3, -0.25) is 0 Å². The summed E-state index contributed by atoms with van der Waals surface area (Å²) in [5.41, 5.74) is 1.46. The standard InChI is InChI=1S/C34H59N2/c1-3-5-7-9-10-11-12-13-14-15-16-17-18-22-28-34-35(29-23-8-6-4-2)31-32-36(34)30-24-27-33-25-20-19-21-26-33/h19-21,25-26,31-32H,3-18,22-24,27-30H2,1-2H3/q+1. The van der Waals surface area contributed by atoms with E-state index < -0.39 is 0 Å². The van der Waals surface area contributed by atoms with Crippen molar-refractivity contribution in [1.29, 1.82) is 0 Å². The van der Waals surface area contributed by atoms with Gasteiger partial charge in [-0.05, 0) is 37.7 Å². The van der Waals surface area contributed by atoms with Crippen LogP contribution < -0.4 is 4.57 Å². The lowest BCUT2D eigenvalue weighted by atomic mass is 10.0. The molecular formula is C34H59N2+. The van der Waals surface area contributed by atoms with E-state index in [9.17, 15) is 0 Å². The second kappa shape index (κ2) is 21.5. The molecule has 204 valence electrons. The molecule has 0 radical (unpaired) electrons. The molecule has 0 bridgehead atoms. The molecule has 0 fully saturated rings. The molecule has 0 aliphatic carbocycles. The van der Waals surface area contributed by atoms with Crippen LogP contribution in [0.1, 0.15) is 147 Å². The summed E-state index contributed by atoms with van der Waals surface area (Å²) < 4.78 is 5.13. The van der Waals surface area contributed by atoms with Crippen LogP contribution in [0, 0.1) is 0 Å². The number of rotatable bonds is 24. The minimum atomic E-state index is 1.14. The Hall–Kier alpha value is -1.57. The summed E-state index contributed by atoms with van der Waals surface area (Å²) >= 11 is 0. The maximum absolute atomic E-state index is 2.57. The highest BCUT2D eigenvalue weighted by molar-refractivity contribution is 5.14. The van der Waals surface area contributed by atoms with Crippen LogP contribution >= 0.6 is 0 Å². The first-order chi connectivity index (χ1) is 17.8. The fraction of sp³-hybridized carbons (Fsp3) is 0.735. The number of aryl methyl sites for hydroxylation is 3. The highest BCUT2D eigenvalue weighted by Crippen LogP contribution is 2.14. The quantitative estimate of drug-likeness (QED) is 0.101. The van der Waals surface area contributed by atoms with Gasteiger partial charge in [-0.15, -0.1) is 0 Å². The molecule has 0 saturated heterocycles. The van der Waals surface area contributed by atoms with Gasteiger partial charge < -0.3 is 0 Å². The first kappa shape index (κ1) is 30.7. The van der Waals surface area contributed by atoms with Gasteiger partial charge in [-0.1, -0.05) is 140 Å². The predicted molar refractivity (Wildman–Crippen MR) is 158 cm³/mol. The average molecular weight is 496 g/mol. The number of hydrogen-bond donors (Lipinski definition) is 0. The zero-order chi connectivity index (χ0) is 25.5. The van der Waals surface area contributed by atoms with Crippen molar-refractivity contribution in [2.75, 3.05) is 0 Å². The summed E-state index contributed by atoms with van der Waals surface area (Å²) in [6.07, 6.45) is 33.8. The molecule has 2 nitrogen and oxygen atoms in total. The van der Waals surface area contributed by atoms with E-state index in [2.05, 4.69) is 65.7 Å². The lowest BCUT2D eigenvalue weighted by molar-refractivity contribution is -0.704. The molecule has 2 heteroatoms. The molecule has 1 aromatic carbocycles. The SMILES string of the molecule is CCCCCCCCCCCCCCCCc1n(CCCCCC)cc[n+]1CCCc1ccccc1. The smallest absolute Gasteiger partial charge is 0.234 e. The summed E-state index contributed by atoms with van der Waals surface area (Å²) in [5, 5.41) is 0. The van der Waals surface area contributed by atoms with Gasteiger partial charge in [-0.2, -0.15) is 0 Å². The highest BCUT2D eigenvalue weighted by Gasteiger charge is 2.16. The molecular weight excluding hydrogens is 436 g/mol. The Bertz CT molecular complexity index is 733. The Morgan fingerprint density at radius 2 is 1.08 bits per heavy atom. The molecule has 0 saturated carbocycles. The van der Waals surface area contributed by atoms with E-state index in [0.29, 0.717) is 0 Å². The van der Waals surface area contributed by atoms with Crippen LogP contribution in [0.4, 0.5) is 0 Å². The summed E-state index contributed by atoms with van der Waals surface area (Å²) in [7, 11) is 0. The van der Waals surface area contributed by atoms with Gasteiger partial charge in [0.05, 0.1) is 13.1 Å². The summed E-state index contributed by atoms with van der Waals surface area (Å²) in [5.74, 6) is 1.57. The number of hydrogen-bond acceptors (Lipinski definition) is 0. The maximum atomic E-state index is 2.57. The van der Waals surface area contributed by atoms with E-state index in [4.69, 9.17) is 0 Å². The molecule has 0 atom stereocenters. The fourth-order valence-corrected chi connectivity index (χ4v) is 5.48. The number of benzene rings is 1. The van der Waals surface area contributed by atoms with Crippen LogP contribution in [0.5, 0.6) is 0 Å². The van der Waals surface area contributed by atoms with Gasteiger partial charge in [0.25, 0.3) is 5.82 Å². The van der Waals surface area contributed by atoms with Crippen molar-refractivity contribution in [2.24, 2.45) is 0 Å². The van der Waals surface area contributed by atoms with E-state index in [1.807, 2.05) is 0 Å². The molecule has 0 aliphatic rings. The highest BCUT2D eigenvalue weighted by atomic mass is 15.1. The van der Waals surface area contributed by atoms with Gasteiger partial charge in [0, 0.05) is 6.42 Å². The van der Waals surface area contributed by atoms with Crippen LogP contribution in [0.2, 0.25) is 0 Å². The third-order valence-electron chi connectivity index (χ3n) is 7.80. The van der Waals surface area contributed by atoms with Gasteiger partial charge >= 0.3 is 0 Å².